The summed E-state index contributed by atoms with van der Waals surface area (Å²) >= 11 is 0. The van der Waals surface area contributed by atoms with Gasteiger partial charge in [-0.15, -0.1) is 0 Å². The number of nitrogens with one attached hydrogen (secondary N) is 2. The van der Waals surface area contributed by atoms with E-state index in [4.69, 9.17) is 5.26 Å². The Labute approximate surface area is 169 Å². The summed E-state index contributed by atoms with van der Waals surface area (Å²) < 4.78 is 15.3. The Bertz CT molecular complexity index is 930. The fourth-order valence-corrected chi connectivity index (χ4v) is 3.01. The number of amides is 2. The number of halogens is 1. The number of nitriles is 1. The summed E-state index contributed by atoms with van der Waals surface area (Å²) in [7, 11) is 0. The van der Waals surface area contributed by atoms with Gasteiger partial charge in [-0.05, 0) is 50.5 Å². The van der Waals surface area contributed by atoms with Crippen molar-refractivity contribution < 1.29 is 14.0 Å². The average molecular weight is 399 g/mol. The zero-order valence-corrected chi connectivity index (χ0v) is 17.0. The third kappa shape index (κ3) is 6.14. The predicted octanol–water partition coefficient (Wildman–Crippen LogP) is 2.34. The first kappa shape index (κ1) is 22.1. The molecule has 1 aromatic carbocycles. The fraction of sp³-hybridized carbons (Fsp3) is 0.429. The molecular formula is C21H26FN5O2. The second kappa shape index (κ2) is 10.4. The van der Waals surface area contributed by atoms with E-state index in [0.717, 1.165) is 17.0 Å². The molecule has 2 rings (SSSR count). The van der Waals surface area contributed by atoms with Crippen molar-refractivity contribution in [3.05, 3.63) is 52.1 Å². The van der Waals surface area contributed by atoms with Crippen LogP contribution in [0.3, 0.4) is 0 Å². The molecule has 154 valence electrons. The first-order valence-corrected chi connectivity index (χ1v) is 9.54. The van der Waals surface area contributed by atoms with Gasteiger partial charge in [0.2, 0.25) is 5.91 Å². The molecule has 1 aromatic heterocycles. The third-order valence-corrected chi connectivity index (χ3v) is 4.74. The molecule has 0 aliphatic carbocycles. The molecule has 0 atom stereocenters. The van der Waals surface area contributed by atoms with Crippen LogP contribution in [0.4, 0.5) is 4.39 Å². The number of aryl methyl sites for hydroxylation is 3. The molecule has 0 radical (unpaired) electrons. The molecule has 0 aliphatic rings. The number of rotatable bonds is 9. The van der Waals surface area contributed by atoms with Crippen LogP contribution in [0.25, 0.3) is 0 Å². The van der Waals surface area contributed by atoms with Gasteiger partial charge in [-0.25, -0.2) is 4.39 Å². The van der Waals surface area contributed by atoms with E-state index >= 15 is 0 Å². The molecule has 8 heteroatoms. The minimum Gasteiger partial charge on any atom is -0.354 e. The van der Waals surface area contributed by atoms with Crippen molar-refractivity contribution in [2.45, 2.75) is 46.6 Å². The van der Waals surface area contributed by atoms with E-state index in [9.17, 15) is 14.0 Å². The Kier molecular flexibility index (Phi) is 7.89. The summed E-state index contributed by atoms with van der Waals surface area (Å²) in [5.41, 5.74) is 3.59. The van der Waals surface area contributed by atoms with Gasteiger partial charge in [0.1, 0.15) is 5.82 Å². The molecule has 0 bridgehead atoms. The van der Waals surface area contributed by atoms with Crippen LogP contribution in [0.1, 0.15) is 45.7 Å². The predicted molar refractivity (Wildman–Crippen MR) is 107 cm³/mol. The summed E-state index contributed by atoms with van der Waals surface area (Å²) in [5, 5.41) is 18.5. The Hall–Kier alpha value is -3.21. The largest absolute Gasteiger partial charge is 0.354 e. The molecule has 0 fully saturated rings. The van der Waals surface area contributed by atoms with E-state index in [1.165, 1.54) is 6.07 Å². The minimum absolute atomic E-state index is 0.121. The maximum Gasteiger partial charge on any atom is 0.251 e. The number of benzene rings is 1. The number of hydrogen-bond donors (Lipinski definition) is 2. The van der Waals surface area contributed by atoms with Gasteiger partial charge in [-0.1, -0.05) is 6.07 Å². The molecular weight excluding hydrogens is 373 g/mol. The van der Waals surface area contributed by atoms with Crippen molar-refractivity contribution in [2.24, 2.45) is 0 Å². The van der Waals surface area contributed by atoms with Crippen molar-refractivity contribution in [1.29, 1.82) is 5.26 Å². The lowest BCUT2D eigenvalue weighted by Gasteiger charge is -2.08. The topological polar surface area (TPSA) is 99.8 Å². The quantitative estimate of drug-likeness (QED) is 0.632. The number of hydrogen-bond acceptors (Lipinski definition) is 4. The molecule has 0 aliphatic heterocycles. The highest BCUT2D eigenvalue weighted by molar-refractivity contribution is 5.94. The Balaban J connectivity index is 1.74. The van der Waals surface area contributed by atoms with Crippen LogP contribution in [0.5, 0.6) is 0 Å². The second-order valence-corrected chi connectivity index (χ2v) is 6.85. The standard InChI is InChI=1S/C21H26FN5O2/c1-14-5-6-17(13-19(14)22)21(29)25-11-10-24-20(28)8-7-18-15(2)26-27(16(18)3)12-4-9-23/h5-6,13H,4,7-8,10-12H2,1-3H3,(H,24,28)(H,25,29). The number of nitrogens with zero attached hydrogens (tertiary/aromatic N) is 3. The minimum atomic E-state index is -0.424. The zero-order valence-electron chi connectivity index (χ0n) is 17.0. The Morgan fingerprint density at radius 2 is 1.93 bits per heavy atom. The molecule has 0 unspecified atom stereocenters. The molecule has 7 nitrogen and oxygen atoms in total. The van der Waals surface area contributed by atoms with E-state index in [-0.39, 0.29) is 30.5 Å². The van der Waals surface area contributed by atoms with E-state index in [2.05, 4.69) is 21.8 Å². The third-order valence-electron chi connectivity index (χ3n) is 4.74. The highest BCUT2D eigenvalue weighted by Crippen LogP contribution is 2.15. The Morgan fingerprint density at radius 1 is 1.21 bits per heavy atom. The van der Waals surface area contributed by atoms with E-state index in [0.29, 0.717) is 31.4 Å². The van der Waals surface area contributed by atoms with Crippen LogP contribution >= 0.6 is 0 Å². The van der Waals surface area contributed by atoms with Crippen LogP contribution in [-0.2, 0) is 17.8 Å². The van der Waals surface area contributed by atoms with Gasteiger partial charge < -0.3 is 10.6 Å². The molecule has 1 heterocycles. The normalized spacial score (nSPS) is 10.4. The van der Waals surface area contributed by atoms with Gasteiger partial charge in [0.15, 0.2) is 0 Å². The van der Waals surface area contributed by atoms with Gasteiger partial charge in [0.25, 0.3) is 5.91 Å². The van der Waals surface area contributed by atoms with Gasteiger partial charge in [-0.3, -0.25) is 14.3 Å². The summed E-state index contributed by atoms with van der Waals surface area (Å²) in [6, 6.07) is 6.42. The van der Waals surface area contributed by atoms with E-state index in [1.807, 2.05) is 13.8 Å². The summed E-state index contributed by atoms with van der Waals surface area (Å²) in [5.74, 6) is -0.925. The highest BCUT2D eigenvalue weighted by Gasteiger charge is 2.13. The molecule has 0 saturated carbocycles. The van der Waals surface area contributed by atoms with Crippen LogP contribution in [0.15, 0.2) is 18.2 Å². The lowest BCUT2D eigenvalue weighted by Crippen LogP contribution is -2.34. The highest BCUT2D eigenvalue weighted by atomic mass is 19.1. The number of aromatic nitrogens is 2. The molecule has 29 heavy (non-hydrogen) atoms. The van der Waals surface area contributed by atoms with Crippen molar-refractivity contribution in [1.82, 2.24) is 20.4 Å². The summed E-state index contributed by atoms with van der Waals surface area (Å²) in [6.07, 6.45) is 1.26. The van der Waals surface area contributed by atoms with Crippen molar-refractivity contribution >= 4 is 11.8 Å². The van der Waals surface area contributed by atoms with Crippen molar-refractivity contribution in [2.75, 3.05) is 13.1 Å². The smallest absolute Gasteiger partial charge is 0.251 e. The van der Waals surface area contributed by atoms with Crippen molar-refractivity contribution in [3.63, 3.8) is 0 Å². The van der Waals surface area contributed by atoms with Gasteiger partial charge in [-0.2, -0.15) is 10.4 Å². The van der Waals surface area contributed by atoms with Crippen molar-refractivity contribution in [3.8, 4) is 6.07 Å². The molecule has 0 spiro atoms. The van der Waals surface area contributed by atoms with Gasteiger partial charge in [0.05, 0.1) is 24.7 Å². The first-order chi connectivity index (χ1) is 13.8. The second-order valence-electron chi connectivity index (χ2n) is 6.85. The Morgan fingerprint density at radius 3 is 2.62 bits per heavy atom. The van der Waals surface area contributed by atoms with E-state index < -0.39 is 5.82 Å². The maximum atomic E-state index is 13.5. The van der Waals surface area contributed by atoms with Crippen LogP contribution in [0.2, 0.25) is 0 Å². The molecule has 2 N–H and O–H groups in total. The molecule has 2 aromatic rings. The van der Waals surface area contributed by atoms with Gasteiger partial charge >= 0.3 is 0 Å². The zero-order chi connectivity index (χ0) is 21.4. The molecule has 2 amide bonds. The lowest BCUT2D eigenvalue weighted by atomic mass is 10.1. The van der Waals surface area contributed by atoms with Crippen LogP contribution in [-0.4, -0.2) is 34.7 Å². The average Bonchev–Trinajstić information content (AvgIpc) is 2.96. The lowest BCUT2D eigenvalue weighted by molar-refractivity contribution is -0.121. The summed E-state index contributed by atoms with van der Waals surface area (Å²) in [4.78, 5) is 24.1. The fourth-order valence-electron chi connectivity index (χ4n) is 3.01. The summed E-state index contributed by atoms with van der Waals surface area (Å²) in [6.45, 7) is 6.55. The number of carbonyl (C=O) groups excluding carboxylic acids is 2. The number of carbonyl (C=O) groups is 2. The first-order valence-electron chi connectivity index (χ1n) is 9.54. The monoisotopic (exact) mass is 399 g/mol. The van der Waals surface area contributed by atoms with E-state index in [1.54, 1.807) is 23.7 Å². The molecule has 0 saturated heterocycles. The van der Waals surface area contributed by atoms with Crippen LogP contribution in [0, 0.1) is 37.9 Å². The SMILES string of the molecule is Cc1ccc(C(=O)NCCNC(=O)CCc2c(C)nn(CCC#N)c2C)cc1F. The maximum absolute atomic E-state index is 13.5. The van der Waals surface area contributed by atoms with Crippen LogP contribution < -0.4 is 10.6 Å². The van der Waals surface area contributed by atoms with Gasteiger partial charge in [0, 0.05) is 30.8 Å².